The standard InChI is InChI=1S/C13H21BrClNO2S2/c1-4-6-7-16(10(3)5-2)20(17,18)12-8-11(9-15)19-13(12)14/h8,10H,4-7,9H2,1-3H3. The molecule has 0 amide bonds. The maximum absolute atomic E-state index is 12.8. The molecule has 0 bridgehead atoms. The number of alkyl halides is 1. The highest BCUT2D eigenvalue weighted by Crippen LogP contribution is 2.35. The van der Waals surface area contributed by atoms with Crippen LogP contribution in [0.5, 0.6) is 0 Å². The zero-order valence-electron chi connectivity index (χ0n) is 12.0. The smallest absolute Gasteiger partial charge is 0.207 e. The van der Waals surface area contributed by atoms with Crippen molar-refractivity contribution < 1.29 is 8.42 Å². The quantitative estimate of drug-likeness (QED) is 0.583. The lowest BCUT2D eigenvalue weighted by molar-refractivity contribution is 0.324. The van der Waals surface area contributed by atoms with Crippen molar-refractivity contribution in [3.05, 3.63) is 14.7 Å². The van der Waals surface area contributed by atoms with E-state index in [-0.39, 0.29) is 6.04 Å². The maximum atomic E-state index is 12.8. The molecule has 3 nitrogen and oxygen atoms in total. The molecule has 0 radical (unpaired) electrons. The average molecular weight is 403 g/mol. The third kappa shape index (κ3) is 4.19. The van der Waals surface area contributed by atoms with Gasteiger partial charge in [-0.15, -0.1) is 22.9 Å². The normalized spacial score (nSPS) is 13.9. The first-order valence-corrected chi connectivity index (χ1v) is 10.3. The summed E-state index contributed by atoms with van der Waals surface area (Å²) in [4.78, 5) is 1.20. The van der Waals surface area contributed by atoms with Crippen molar-refractivity contribution in [1.29, 1.82) is 0 Å². The first-order valence-electron chi connectivity index (χ1n) is 6.74. The number of sulfonamides is 1. The van der Waals surface area contributed by atoms with Crippen LogP contribution in [0.2, 0.25) is 0 Å². The summed E-state index contributed by atoms with van der Waals surface area (Å²) in [5.41, 5.74) is 0. The molecule has 0 aliphatic heterocycles. The number of halogens is 2. The van der Waals surface area contributed by atoms with Crippen molar-refractivity contribution in [2.24, 2.45) is 0 Å². The summed E-state index contributed by atoms with van der Waals surface area (Å²) >= 11 is 10.5. The van der Waals surface area contributed by atoms with Crippen LogP contribution in [-0.4, -0.2) is 25.3 Å². The van der Waals surface area contributed by atoms with Crippen LogP contribution in [0.15, 0.2) is 14.7 Å². The number of hydrogen-bond donors (Lipinski definition) is 0. The van der Waals surface area contributed by atoms with Gasteiger partial charge in [0.15, 0.2) is 0 Å². The van der Waals surface area contributed by atoms with Crippen molar-refractivity contribution in [2.45, 2.75) is 56.9 Å². The highest BCUT2D eigenvalue weighted by molar-refractivity contribution is 9.11. The molecule has 0 fully saturated rings. The molecule has 0 aliphatic rings. The van der Waals surface area contributed by atoms with E-state index in [4.69, 9.17) is 11.6 Å². The number of unbranched alkanes of at least 4 members (excludes halogenated alkanes) is 1. The summed E-state index contributed by atoms with van der Waals surface area (Å²) in [5.74, 6) is 0.330. The van der Waals surface area contributed by atoms with E-state index in [1.54, 1.807) is 10.4 Å². The van der Waals surface area contributed by atoms with Gasteiger partial charge in [-0.2, -0.15) is 4.31 Å². The van der Waals surface area contributed by atoms with E-state index in [0.717, 1.165) is 24.1 Å². The largest absolute Gasteiger partial charge is 0.245 e. The predicted octanol–water partition coefficient (Wildman–Crippen LogP) is 4.84. The second-order valence-electron chi connectivity index (χ2n) is 4.71. The lowest BCUT2D eigenvalue weighted by Crippen LogP contribution is -2.39. The van der Waals surface area contributed by atoms with Crippen LogP contribution in [-0.2, 0) is 15.9 Å². The molecule has 20 heavy (non-hydrogen) atoms. The molecule has 1 aromatic rings. The fourth-order valence-electron chi connectivity index (χ4n) is 1.86. The van der Waals surface area contributed by atoms with Gasteiger partial charge in [0, 0.05) is 17.5 Å². The third-order valence-electron chi connectivity index (χ3n) is 3.24. The van der Waals surface area contributed by atoms with Gasteiger partial charge in [-0.25, -0.2) is 8.42 Å². The molecule has 1 rings (SSSR count). The molecule has 1 unspecified atom stereocenters. The molecule has 0 saturated heterocycles. The minimum atomic E-state index is -3.47. The molecule has 0 saturated carbocycles. The van der Waals surface area contributed by atoms with Crippen molar-refractivity contribution >= 4 is 48.9 Å². The summed E-state index contributed by atoms with van der Waals surface area (Å²) in [6, 6.07) is 1.68. The van der Waals surface area contributed by atoms with Crippen molar-refractivity contribution in [1.82, 2.24) is 4.31 Å². The van der Waals surface area contributed by atoms with E-state index < -0.39 is 10.0 Å². The van der Waals surface area contributed by atoms with Crippen LogP contribution in [0.3, 0.4) is 0 Å². The summed E-state index contributed by atoms with van der Waals surface area (Å²) in [5, 5.41) is 0. The fourth-order valence-corrected chi connectivity index (χ4v) is 6.33. The van der Waals surface area contributed by atoms with Crippen molar-refractivity contribution in [2.75, 3.05) is 6.54 Å². The predicted molar refractivity (Wildman–Crippen MR) is 90.1 cm³/mol. The van der Waals surface area contributed by atoms with Gasteiger partial charge < -0.3 is 0 Å². The van der Waals surface area contributed by atoms with E-state index >= 15 is 0 Å². The minimum Gasteiger partial charge on any atom is -0.207 e. The average Bonchev–Trinajstić information content (AvgIpc) is 2.80. The lowest BCUT2D eigenvalue weighted by atomic mass is 10.2. The van der Waals surface area contributed by atoms with Crippen molar-refractivity contribution in [3.8, 4) is 0 Å². The van der Waals surface area contributed by atoms with Crippen LogP contribution in [0, 0.1) is 0 Å². The van der Waals surface area contributed by atoms with Gasteiger partial charge in [0.05, 0.1) is 9.67 Å². The third-order valence-corrected chi connectivity index (χ3v) is 7.95. The SMILES string of the molecule is CCCCN(C(C)CC)S(=O)(=O)c1cc(CCl)sc1Br. The van der Waals surface area contributed by atoms with Crippen LogP contribution < -0.4 is 0 Å². The Bertz CT molecular complexity index is 530. The van der Waals surface area contributed by atoms with Gasteiger partial charge in [-0.3, -0.25) is 0 Å². The maximum Gasteiger partial charge on any atom is 0.245 e. The van der Waals surface area contributed by atoms with Crippen molar-refractivity contribution in [3.63, 3.8) is 0 Å². The summed E-state index contributed by atoms with van der Waals surface area (Å²) in [7, 11) is -3.47. The zero-order valence-corrected chi connectivity index (χ0v) is 16.0. The molecular weight excluding hydrogens is 382 g/mol. The van der Waals surface area contributed by atoms with Gasteiger partial charge in [0.25, 0.3) is 0 Å². The van der Waals surface area contributed by atoms with Gasteiger partial charge in [-0.05, 0) is 41.8 Å². The van der Waals surface area contributed by atoms with Crippen LogP contribution in [0.1, 0.15) is 44.9 Å². The second-order valence-corrected chi connectivity index (χ2v) is 9.29. The molecule has 0 aliphatic carbocycles. The Morgan fingerprint density at radius 3 is 2.55 bits per heavy atom. The Morgan fingerprint density at radius 1 is 1.45 bits per heavy atom. The molecule has 1 heterocycles. The van der Waals surface area contributed by atoms with Gasteiger partial charge >= 0.3 is 0 Å². The summed E-state index contributed by atoms with van der Waals surface area (Å²) in [6.07, 6.45) is 2.64. The van der Waals surface area contributed by atoms with E-state index in [2.05, 4.69) is 22.9 Å². The highest BCUT2D eigenvalue weighted by Gasteiger charge is 2.30. The Balaban J connectivity index is 3.17. The molecule has 0 N–H and O–H groups in total. The van der Waals surface area contributed by atoms with Crippen LogP contribution in [0.25, 0.3) is 0 Å². The zero-order chi connectivity index (χ0) is 15.3. The topological polar surface area (TPSA) is 37.4 Å². The van der Waals surface area contributed by atoms with Crippen LogP contribution >= 0.6 is 38.9 Å². The van der Waals surface area contributed by atoms with Gasteiger partial charge in [-0.1, -0.05) is 20.3 Å². The van der Waals surface area contributed by atoms with E-state index in [1.165, 1.54) is 11.3 Å². The Morgan fingerprint density at radius 2 is 2.10 bits per heavy atom. The summed E-state index contributed by atoms with van der Waals surface area (Å²) in [6.45, 7) is 6.59. The molecule has 1 aromatic heterocycles. The van der Waals surface area contributed by atoms with Gasteiger partial charge in [0.1, 0.15) is 4.90 Å². The molecule has 1 atom stereocenters. The number of rotatable bonds is 8. The summed E-state index contributed by atoms with van der Waals surface area (Å²) < 4.78 is 27.9. The Hall–Kier alpha value is 0.380. The first-order chi connectivity index (χ1) is 9.38. The molecule has 0 aromatic carbocycles. The highest BCUT2D eigenvalue weighted by atomic mass is 79.9. The Labute approximate surface area is 139 Å². The number of nitrogens with zero attached hydrogens (tertiary/aromatic N) is 1. The molecule has 7 heteroatoms. The second kappa shape index (κ2) is 8.13. The minimum absolute atomic E-state index is 0.00204. The molecular formula is C13H21BrClNO2S2. The first kappa shape index (κ1) is 18.4. The molecule has 0 spiro atoms. The van der Waals surface area contributed by atoms with E-state index in [9.17, 15) is 8.42 Å². The van der Waals surface area contributed by atoms with Gasteiger partial charge in [0.2, 0.25) is 10.0 Å². The number of hydrogen-bond acceptors (Lipinski definition) is 3. The molecule has 116 valence electrons. The number of thiophene rings is 1. The van der Waals surface area contributed by atoms with Crippen LogP contribution in [0.4, 0.5) is 0 Å². The Kier molecular flexibility index (Phi) is 7.49. The lowest BCUT2D eigenvalue weighted by Gasteiger charge is -2.27. The fraction of sp³-hybridized carbons (Fsp3) is 0.692. The van der Waals surface area contributed by atoms with E-state index in [1.807, 2.05) is 13.8 Å². The van der Waals surface area contributed by atoms with E-state index in [0.29, 0.717) is 21.1 Å². The monoisotopic (exact) mass is 401 g/mol.